The molecule has 10 heavy (non-hydrogen) atoms. The zero-order valence-electron chi connectivity index (χ0n) is 7.09. The van der Waals surface area contributed by atoms with Crippen LogP contribution in [0.1, 0.15) is 13.3 Å². The molecule has 1 atom stereocenters. The fourth-order valence-corrected chi connectivity index (χ4v) is 2.28. The summed E-state index contributed by atoms with van der Waals surface area (Å²) in [5.41, 5.74) is 0. The first kappa shape index (κ1) is 7.80. The molecule has 1 rings (SSSR count). The van der Waals surface area contributed by atoms with Crippen molar-refractivity contribution in [2.24, 2.45) is 5.92 Å². The molecule has 0 amide bonds. The van der Waals surface area contributed by atoms with Gasteiger partial charge in [0.05, 0.1) is 8.80 Å². The van der Waals surface area contributed by atoms with Crippen molar-refractivity contribution in [3.05, 3.63) is 23.4 Å². The quantitative estimate of drug-likeness (QED) is 0.507. The molecule has 0 nitrogen and oxygen atoms in total. The first-order valence-electron chi connectivity index (χ1n) is 4.08. The fraction of sp³-hybridized carbons (Fsp3) is 0.556. The van der Waals surface area contributed by atoms with Gasteiger partial charge in [-0.3, -0.25) is 0 Å². The number of allylic oxidation sites excluding steroid dienone is 4. The summed E-state index contributed by atoms with van der Waals surface area (Å²) >= 11 is 0. The van der Waals surface area contributed by atoms with E-state index >= 15 is 0 Å². The van der Waals surface area contributed by atoms with Crippen LogP contribution in [0, 0.1) is 5.92 Å². The van der Waals surface area contributed by atoms with Gasteiger partial charge < -0.3 is 0 Å². The molecule has 56 valence electrons. The Bertz CT molecular complexity index is 166. The highest BCUT2D eigenvalue weighted by Gasteiger charge is 2.06. The van der Waals surface area contributed by atoms with Gasteiger partial charge in [-0.15, -0.1) is 0 Å². The van der Waals surface area contributed by atoms with Crippen LogP contribution in [0.4, 0.5) is 0 Å². The molecular weight excluding hydrogens is 136 g/mol. The molecule has 0 fully saturated rings. The second-order valence-electron chi connectivity index (χ2n) is 3.43. The predicted molar refractivity (Wildman–Crippen MR) is 49.9 cm³/mol. The molecule has 1 heteroatoms. The minimum atomic E-state index is -0.505. The lowest BCUT2D eigenvalue weighted by molar-refractivity contribution is 0.734. The van der Waals surface area contributed by atoms with E-state index in [-0.39, 0.29) is 0 Å². The van der Waals surface area contributed by atoms with E-state index in [4.69, 9.17) is 0 Å². The van der Waals surface area contributed by atoms with Crippen molar-refractivity contribution < 1.29 is 0 Å². The van der Waals surface area contributed by atoms with Gasteiger partial charge in [-0.2, -0.15) is 0 Å². The second kappa shape index (κ2) is 3.20. The van der Waals surface area contributed by atoms with Gasteiger partial charge >= 0.3 is 0 Å². The van der Waals surface area contributed by atoms with E-state index in [1.807, 2.05) is 0 Å². The maximum absolute atomic E-state index is 2.42. The maximum atomic E-state index is 2.42. The van der Waals surface area contributed by atoms with Gasteiger partial charge in [-0.05, 0) is 12.3 Å². The Hall–Kier alpha value is -0.303. The monoisotopic (exact) mass is 152 g/mol. The normalized spacial score (nSPS) is 25.2. The van der Waals surface area contributed by atoms with Crippen LogP contribution in [0.5, 0.6) is 0 Å². The van der Waals surface area contributed by atoms with Gasteiger partial charge in [0.2, 0.25) is 0 Å². The number of hydrogen-bond acceptors (Lipinski definition) is 0. The molecular formula is C9H16Si. The van der Waals surface area contributed by atoms with Crippen LogP contribution in [-0.4, -0.2) is 8.80 Å². The Labute approximate surface area is 65.3 Å². The Balaban J connectivity index is 2.59. The predicted octanol–water partition coefficient (Wildman–Crippen LogP) is 2.53. The van der Waals surface area contributed by atoms with Gasteiger partial charge in [0.25, 0.3) is 0 Å². The standard InChI is InChI=1S/C9H16Si/c1-8-4-6-9(7-5-8)10(2)3/h4,6-8,10H,5H2,1-3H3. The third-order valence-electron chi connectivity index (χ3n) is 2.01. The highest BCUT2D eigenvalue weighted by molar-refractivity contribution is 6.64. The van der Waals surface area contributed by atoms with Crippen molar-refractivity contribution in [2.75, 3.05) is 0 Å². The topological polar surface area (TPSA) is 0 Å². The molecule has 0 bridgehead atoms. The van der Waals surface area contributed by atoms with Gasteiger partial charge in [0.1, 0.15) is 0 Å². The molecule has 0 N–H and O–H groups in total. The van der Waals surface area contributed by atoms with Crippen molar-refractivity contribution in [3.8, 4) is 0 Å². The Morgan fingerprint density at radius 3 is 2.60 bits per heavy atom. The van der Waals surface area contributed by atoms with E-state index in [2.05, 4.69) is 38.2 Å². The molecule has 0 spiro atoms. The second-order valence-corrected chi connectivity index (χ2v) is 6.41. The third kappa shape index (κ3) is 1.84. The van der Waals surface area contributed by atoms with E-state index in [1.54, 1.807) is 5.20 Å². The summed E-state index contributed by atoms with van der Waals surface area (Å²) in [6.07, 6.45) is 8.34. The molecule has 0 radical (unpaired) electrons. The summed E-state index contributed by atoms with van der Waals surface area (Å²) in [6.45, 7) is 7.03. The molecule has 0 aromatic heterocycles. The first-order valence-corrected chi connectivity index (χ1v) is 6.97. The minimum Gasteiger partial charge on any atom is -0.0851 e. The fourth-order valence-electron chi connectivity index (χ4n) is 1.17. The lowest BCUT2D eigenvalue weighted by atomic mass is 10.0. The molecule has 0 saturated heterocycles. The van der Waals surface area contributed by atoms with Crippen LogP contribution in [-0.2, 0) is 0 Å². The first-order chi connectivity index (χ1) is 4.70. The summed E-state index contributed by atoms with van der Waals surface area (Å²) in [5.74, 6) is 0.775. The smallest absolute Gasteiger partial charge is 0.0642 e. The lowest BCUT2D eigenvalue weighted by Crippen LogP contribution is -2.07. The van der Waals surface area contributed by atoms with E-state index in [0.29, 0.717) is 0 Å². The molecule has 0 aromatic rings. The van der Waals surface area contributed by atoms with Gasteiger partial charge in [0.15, 0.2) is 0 Å². The summed E-state index contributed by atoms with van der Waals surface area (Å²) in [7, 11) is -0.505. The average molecular weight is 152 g/mol. The van der Waals surface area contributed by atoms with Gasteiger partial charge in [0, 0.05) is 0 Å². The molecule has 1 aliphatic carbocycles. The van der Waals surface area contributed by atoms with Crippen molar-refractivity contribution in [3.63, 3.8) is 0 Å². The summed E-state index contributed by atoms with van der Waals surface area (Å²) in [6, 6.07) is 0. The summed E-state index contributed by atoms with van der Waals surface area (Å²) in [4.78, 5) is 0. The van der Waals surface area contributed by atoms with Crippen LogP contribution in [0.2, 0.25) is 13.1 Å². The van der Waals surface area contributed by atoms with Crippen molar-refractivity contribution >= 4 is 8.80 Å². The largest absolute Gasteiger partial charge is 0.0851 e. The van der Waals surface area contributed by atoms with Crippen LogP contribution in [0.3, 0.4) is 0 Å². The molecule has 0 heterocycles. The highest BCUT2D eigenvalue weighted by atomic mass is 28.3. The molecule has 1 aliphatic rings. The number of rotatable bonds is 1. The summed E-state index contributed by atoms with van der Waals surface area (Å²) < 4.78 is 0. The van der Waals surface area contributed by atoms with Crippen molar-refractivity contribution in [2.45, 2.75) is 26.4 Å². The van der Waals surface area contributed by atoms with E-state index < -0.39 is 8.80 Å². The van der Waals surface area contributed by atoms with Crippen molar-refractivity contribution in [1.82, 2.24) is 0 Å². The van der Waals surface area contributed by atoms with Crippen LogP contribution in [0.25, 0.3) is 0 Å². The third-order valence-corrected chi connectivity index (χ3v) is 3.77. The number of hydrogen-bond donors (Lipinski definition) is 0. The van der Waals surface area contributed by atoms with Gasteiger partial charge in [-0.1, -0.05) is 43.4 Å². The Morgan fingerprint density at radius 2 is 2.20 bits per heavy atom. The lowest BCUT2D eigenvalue weighted by Gasteiger charge is -2.13. The zero-order chi connectivity index (χ0) is 7.56. The molecule has 0 saturated carbocycles. The minimum absolute atomic E-state index is 0.505. The van der Waals surface area contributed by atoms with Gasteiger partial charge in [-0.25, -0.2) is 0 Å². The van der Waals surface area contributed by atoms with E-state index in [0.717, 1.165) is 5.92 Å². The van der Waals surface area contributed by atoms with Crippen molar-refractivity contribution in [1.29, 1.82) is 0 Å². The van der Waals surface area contributed by atoms with E-state index in [1.165, 1.54) is 6.42 Å². The maximum Gasteiger partial charge on any atom is 0.0642 e. The highest BCUT2D eigenvalue weighted by Crippen LogP contribution is 2.16. The summed E-state index contributed by atoms with van der Waals surface area (Å²) in [5, 5.41) is 1.64. The van der Waals surface area contributed by atoms with Crippen LogP contribution in [0.15, 0.2) is 23.4 Å². The SMILES string of the molecule is CC1C=CC([SiH](C)C)=CC1. The average Bonchev–Trinajstić information content (AvgIpc) is 1.88. The zero-order valence-corrected chi connectivity index (χ0v) is 8.25. The van der Waals surface area contributed by atoms with Crippen LogP contribution >= 0.6 is 0 Å². The molecule has 1 unspecified atom stereocenters. The Morgan fingerprint density at radius 1 is 1.50 bits per heavy atom. The Kier molecular flexibility index (Phi) is 2.49. The molecule has 0 aromatic carbocycles. The molecule has 0 aliphatic heterocycles. The van der Waals surface area contributed by atoms with E-state index in [9.17, 15) is 0 Å². The van der Waals surface area contributed by atoms with Crippen LogP contribution < -0.4 is 0 Å².